The van der Waals surface area contributed by atoms with Crippen molar-refractivity contribution in [3.63, 3.8) is 0 Å². The number of ether oxygens (including phenoxy) is 1. The monoisotopic (exact) mass is 605 g/mol. The third kappa shape index (κ3) is 7.47. The van der Waals surface area contributed by atoms with Gasteiger partial charge < -0.3 is 15.0 Å². The lowest BCUT2D eigenvalue weighted by Gasteiger charge is -2.33. The van der Waals surface area contributed by atoms with Gasteiger partial charge in [0.1, 0.15) is 18.3 Å². The van der Waals surface area contributed by atoms with Crippen LogP contribution in [0.1, 0.15) is 31.4 Å². The molecule has 0 saturated carbocycles. The number of hydrogen-bond donors (Lipinski definition) is 1. The van der Waals surface area contributed by atoms with E-state index in [2.05, 4.69) is 5.32 Å². The molecule has 0 aliphatic rings. The molecule has 0 saturated heterocycles. The highest BCUT2D eigenvalue weighted by atomic mass is 35.5. The molecule has 3 rings (SSSR count). The Kier molecular flexibility index (Phi) is 10.8. The van der Waals surface area contributed by atoms with Gasteiger partial charge in [0.15, 0.2) is 0 Å². The number of benzene rings is 3. The number of nitrogens with one attached hydrogen (secondary N) is 1. The number of rotatable bonds is 12. The average molecular weight is 607 g/mol. The van der Waals surface area contributed by atoms with E-state index in [1.165, 1.54) is 24.1 Å². The molecule has 2 amide bonds. The lowest BCUT2D eigenvalue weighted by molar-refractivity contribution is -0.140. The molecule has 214 valence electrons. The molecule has 0 heterocycles. The van der Waals surface area contributed by atoms with Crippen LogP contribution >= 0.6 is 23.2 Å². The van der Waals surface area contributed by atoms with Crippen molar-refractivity contribution in [2.45, 2.75) is 44.7 Å². The largest absolute Gasteiger partial charge is 0.494 e. The Morgan fingerprint density at radius 2 is 1.62 bits per heavy atom. The number of amides is 2. The Morgan fingerprint density at radius 3 is 2.17 bits per heavy atom. The van der Waals surface area contributed by atoms with Crippen molar-refractivity contribution >= 4 is 50.7 Å². The van der Waals surface area contributed by atoms with Crippen molar-refractivity contribution in [3.8, 4) is 5.75 Å². The van der Waals surface area contributed by atoms with Crippen molar-refractivity contribution in [1.82, 2.24) is 10.2 Å². The first-order chi connectivity index (χ1) is 19.0. The molecule has 3 aromatic carbocycles. The predicted molar refractivity (Wildman–Crippen MR) is 158 cm³/mol. The van der Waals surface area contributed by atoms with Crippen molar-refractivity contribution in [2.24, 2.45) is 0 Å². The van der Waals surface area contributed by atoms with Crippen LogP contribution in [0.15, 0.2) is 71.6 Å². The summed E-state index contributed by atoms with van der Waals surface area (Å²) in [4.78, 5) is 28.1. The molecular weight excluding hydrogens is 573 g/mol. The predicted octanol–water partition coefficient (Wildman–Crippen LogP) is 5.45. The van der Waals surface area contributed by atoms with Gasteiger partial charge in [-0.3, -0.25) is 13.9 Å². The smallest absolute Gasteiger partial charge is 0.264 e. The summed E-state index contributed by atoms with van der Waals surface area (Å²) in [7, 11) is -2.70. The summed E-state index contributed by atoms with van der Waals surface area (Å²) in [5.74, 6) is -0.421. The maximum Gasteiger partial charge on any atom is 0.264 e. The fourth-order valence-corrected chi connectivity index (χ4v) is 6.04. The lowest BCUT2D eigenvalue weighted by atomic mass is 10.1. The van der Waals surface area contributed by atoms with Gasteiger partial charge in [0.25, 0.3) is 10.0 Å². The SMILES string of the molecule is CCOc1ccc(S(=O)(=O)N(CC(=O)N(Cc2ccc(Cl)cc2Cl)[C@@H](CC)C(=O)NC)c2ccc(C)cc2)cc1. The zero-order chi connectivity index (χ0) is 29.4. The molecule has 1 atom stereocenters. The first-order valence-corrected chi connectivity index (χ1v) is 15.0. The summed E-state index contributed by atoms with van der Waals surface area (Å²) < 4.78 is 34.3. The summed E-state index contributed by atoms with van der Waals surface area (Å²) in [6.45, 7) is 5.36. The molecule has 8 nitrogen and oxygen atoms in total. The van der Waals surface area contributed by atoms with E-state index in [4.69, 9.17) is 27.9 Å². The van der Waals surface area contributed by atoms with Crippen LogP contribution in [-0.4, -0.2) is 51.4 Å². The number of carbonyl (C=O) groups excluding carboxylic acids is 2. The molecule has 11 heteroatoms. The minimum absolute atomic E-state index is 0.00466. The van der Waals surface area contributed by atoms with E-state index in [1.807, 2.05) is 13.8 Å². The van der Waals surface area contributed by atoms with Gasteiger partial charge in [-0.1, -0.05) is 53.9 Å². The van der Waals surface area contributed by atoms with Crippen molar-refractivity contribution in [3.05, 3.63) is 87.9 Å². The topological polar surface area (TPSA) is 96.0 Å². The van der Waals surface area contributed by atoms with Gasteiger partial charge in [0.05, 0.1) is 17.2 Å². The normalized spacial score (nSPS) is 11.9. The number of aryl methyl sites for hydroxylation is 1. The van der Waals surface area contributed by atoms with E-state index in [1.54, 1.807) is 61.5 Å². The molecule has 0 unspecified atom stereocenters. The average Bonchev–Trinajstić information content (AvgIpc) is 2.93. The van der Waals surface area contributed by atoms with Crippen LogP contribution in [0.5, 0.6) is 5.75 Å². The summed E-state index contributed by atoms with van der Waals surface area (Å²) >= 11 is 12.5. The Hall–Kier alpha value is -3.27. The van der Waals surface area contributed by atoms with Crippen molar-refractivity contribution < 1.29 is 22.7 Å². The fourth-order valence-electron chi connectivity index (χ4n) is 4.16. The lowest BCUT2D eigenvalue weighted by Crippen LogP contribution is -2.51. The van der Waals surface area contributed by atoms with Gasteiger partial charge in [-0.2, -0.15) is 0 Å². The van der Waals surface area contributed by atoms with E-state index in [9.17, 15) is 18.0 Å². The third-order valence-corrected chi connectivity index (χ3v) is 8.69. The molecule has 0 fully saturated rings. The molecule has 1 N–H and O–H groups in total. The number of hydrogen-bond acceptors (Lipinski definition) is 5. The van der Waals surface area contributed by atoms with E-state index >= 15 is 0 Å². The molecule has 40 heavy (non-hydrogen) atoms. The molecule has 3 aromatic rings. The highest BCUT2D eigenvalue weighted by Crippen LogP contribution is 2.28. The molecule has 0 aromatic heterocycles. The summed E-state index contributed by atoms with van der Waals surface area (Å²) in [6, 6.07) is 16.9. The number of nitrogens with zero attached hydrogens (tertiary/aromatic N) is 2. The highest BCUT2D eigenvalue weighted by molar-refractivity contribution is 7.92. The van der Waals surface area contributed by atoms with Gasteiger partial charge in [-0.15, -0.1) is 0 Å². The van der Waals surface area contributed by atoms with Crippen LogP contribution in [0.4, 0.5) is 5.69 Å². The van der Waals surface area contributed by atoms with Gasteiger partial charge in [-0.05, 0) is 74.4 Å². The number of carbonyl (C=O) groups is 2. The van der Waals surface area contributed by atoms with Crippen LogP contribution in [0, 0.1) is 6.92 Å². The van der Waals surface area contributed by atoms with Gasteiger partial charge in [0, 0.05) is 23.6 Å². The van der Waals surface area contributed by atoms with Crippen molar-refractivity contribution in [1.29, 1.82) is 0 Å². The minimum atomic E-state index is -4.19. The number of sulfonamides is 1. The molecule has 0 bridgehead atoms. The second kappa shape index (κ2) is 13.9. The standard InChI is InChI=1S/C29H33Cl2N3O5S/c1-5-27(29(36)32-4)33(18-21-9-10-22(30)17-26(21)31)28(35)19-34(23-11-7-20(3)8-12-23)40(37,38)25-15-13-24(14-16-25)39-6-2/h7-17,27H,5-6,18-19H2,1-4H3,(H,32,36)/t27-/m0/s1. The van der Waals surface area contributed by atoms with E-state index in [0.717, 1.165) is 9.87 Å². The van der Waals surface area contributed by atoms with Crippen LogP contribution < -0.4 is 14.4 Å². The number of halogens is 2. The maximum absolute atomic E-state index is 14.0. The zero-order valence-corrected chi connectivity index (χ0v) is 25.2. The zero-order valence-electron chi connectivity index (χ0n) is 22.9. The van der Waals surface area contributed by atoms with Crippen LogP contribution in [0.2, 0.25) is 10.0 Å². The van der Waals surface area contributed by atoms with Gasteiger partial charge in [-0.25, -0.2) is 8.42 Å². The van der Waals surface area contributed by atoms with E-state index < -0.39 is 28.5 Å². The Morgan fingerprint density at radius 1 is 0.975 bits per heavy atom. The van der Waals surface area contributed by atoms with E-state index in [-0.39, 0.29) is 17.3 Å². The van der Waals surface area contributed by atoms with Gasteiger partial charge >= 0.3 is 0 Å². The van der Waals surface area contributed by atoms with Crippen molar-refractivity contribution in [2.75, 3.05) is 24.5 Å². The van der Waals surface area contributed by atoms with Crippen LogP contribution in [0.3, 0.4) is 0 Å². The minimum Gasteiger partial charge on any atom is -0.494 e. The highest BCUT2D eigenvalue weighted by Gasteiger charge is 2.33. The second-order valence-corrected chi connectivity index (χ2v) is 11.8. The maximum atomic E-state index is 14.0. The van der Waals surface area contributed by atoms with Crippen LogP contribution in [-0.2, 0) is 26.2 Å². The summed E-state index contributed by atoms with van der Waals surface area (Å²) in [6.07, 6.45) is 0.298. The quantitative estimate of drug-likeness (QED) is 0.296. The Labute approximate surface area is 245 Å². The third-order valence-electron chi connectivity index (χ3n) is 6.31. The Bertz CT molecular complexity index is 1430. The molecule has 0 aliphatic carbocycles. The first kappa shape index (κ1) is 31.3. The summed E-state index contributed by atoms with van der Waals surface area (Å²) in [5, 5.41) is 3.35. The fraction of sp³-hybridized carbons (Fsp3) is 0.310. The molecule has 0 spiro atoms. The Balaban J connectivity index is 2.06. The first-order valence-electron chi connectivity index (χ1n) is 12.8. The summed E-state index contributed by atoms with van der Waals surface area (Å²) in [5.41, 5.74) is 1.81. The number of anilines is 1. The van der Waals surface area contributed by atoms with E-state index in [0.29, 0.717) is 40.1 Å². The molecule has 0 radical (unpaired) electrons. The second-order valence-electron chi connectivity index (χ2n) is 9.05. The van der Waals surface area contributed by atoms with Gasteiger partial charge in [0.2, 0.25) is 11.8 Å². The molecular formula is C29H33Cl2N3O5S. The van der Waals surface area contributed by atoms with Crippen LogP contribution in [0.25, 0.3) is 0 Å². The number of likely N-dealkylation sites (N-methyl/N-ethyl adjacent to an activating group) is 1. The molecule has 0 aliphatic heterocycles.